The minimum Gasteiger partial charge on any atom is -0.496 e. The SMILES string of the molecule is COc1ccccc1-c1cc(-c2ccccc2OC)n(Cc2cccc(F)c2)n1. The van der Waals surface area contributed by atoms with Gasteiger partial charge < -0.3 is 9.47 Å². The smallest absolute Gasteiger partial charge is 0.128 e. The van der Waals surface area contributed by atoms with Gasteiger partial charge in [0.05, 0.1) is 32.2 Å². The number of ether oxygens (including phenoxy) is 2. The van der Waals surface area contributed by atoms with Gasteiger partial charge in [0.15, 0.2) is 0 Å². The molecule has 29 heavy (non-hydrogen) atoms. The molecule has 5 heteroatoms. The van der Waals surface area contributed by atoms with E-state index < -0.39 is 0 Å². The van der Waals surface area contributed by atoms with Gasteiger partial charge in [-0.05, 0) is 48.0 Å². The number of para-hydroxylation sites is 2. The molecule has 0 saturated carbocycles. The molecule has 4 rings (SSSR count). The van der Waals surface area contributed by atoms with Gasteiger partial charge in [0.25, 0.3) is 0 Å². The number of nitrogens with zero attached hydrogens (tertiary/aromatic N) is 2. The predicted octanol–water partition coefficient (Wildman–Crippen LogP) is 5.42. The van der Waals surface area contributed by atoms with Gasteiger partial charge in [-0.15, -0.1) is 0 Å². The van der Waals surface area contributed by atoms with Crippen LogP contribution in [0.2, 0.25) is 0 Å². The van der Waals surface area contributed by atoms with E-state index in [1.165, 1.54) is 12.1 Å². The number of aromatic nitrogens is 2. The fourth-order valence-electron chi connectivity index (χ4n) is 3.41. The summed E-state index contributed by atoms with van der Waals surface area (Å²) in [6.07, 6.45) is 0. The maximum atomic E-state index is 13.7. The van der Waals surface area contributed by atoms with Crippen LogP contribution in [0, 0.1) is 5.82 Å². The van der Waals surface area contributed by atoms with Crippen molar-refractivity contribution < 1.29 is 13.9 Å². The van der Waals surface area contributed by atoms with E-state index in [1.54, 1.807) is 20.3 Å². The lowest BCUT2D eigenvalue weighted by molar-refractivity contribution is 0.416. The lowest BCUT2D eigenvalue weighted by Crippen LogP contribution is -2.05. The fraction of sp³-hybridized carbons (Fsp3) is 0.125. The number of rotatable bonds is 6. The second kappa shape index (κ2) is 8.19. The zero-order chi connectivity index (χ0) is 20.2. The molecule has 1 aromatic heterocycles. The molecule has 4 aromatic rings. The van der Waals surface area contributed by atoms with Gasteiger partial charge in [0.2, 0.25) is 0 Å². The third kappa shape index (κ3) is 3.85. The molecular weight excluding hydrogens is 367 g/mol. The van der Waals surface area contributed by atoms with Crippen LogP contribution >= 0.6 is 0 Å². The topological polar surface area (TPSA) is 36.3 Å². The Kier molecular flexibility index (Phi) is 5.29. The first-order valence-corrected chi connectivity index (χ1v) is 9.28. The Balaban J connectivity index is 1.87. The highest BCUT2D eigenvalue weighted by atomic mass is 19.1. The maximum absolute atomic E-state index is 13.7. The van der Waals surface area contributed by atoms with Crippen molar-refractivity contribution in [3.05, 3.63) is 90.2 Å². The summed E-state index contributed by atoms with van der Waals surface area (Å²) in [5.74, 6) is 1.23. The zero-order valence-electron chi connectivity index (χ0n) is 16.3. The standard InChI is InChI=1S/C24H21FN2O2/c1-28-23-12-5-3-10-19(23)21-15-22(20-11-4-6-13-24(20)29-2)27(26-21)16-17-8-7-9-18(25)14-17/h3-15H,16H2,1-2H3. The summed E-state index contributed by atoms with van der Waals surface area (Å²) < 4.78 is 26.7. The first-order chi connectivity index (χ1) is 14.2. The number of hydrogen-bond acceptors (Lipinski definition) is 3. The van der Waals surface area contributed by atoms with Gasteiger partial charge in [-0.2, -0.15) is 5.10 Å². The van der Waals surface area contributed by atoms with E-state index in [-0.39, 0.29) is 5.82 Å². The molecule has 4 nitrogen and oxygen atoms in total. The summed E-state index contributed by atoms with van der Waals surface area (Å²) in [5.41, 5.74) is 4.30. The van der Waals surface area contributed by atoms with Crippen LogP contribution < -0.4 is 9.47 Å². The predicted molar refractivity (Wildman–Crippen MR) is 112 cm³/mol. The Labute approximate surface area is 169 Å². The van der Waals surface area contributed by atoms with Crippen molar-refractivity contribution in [2.24, 2.45) is 0 Å². The van der Waals surface area contributed by atoms with E-state index in [0.29, 0.717) is 6.54 Å². The molecule has 1 heterocycles. The first-order valence-electron chi connectivity index (χ1n) is 9.28. The average molecular weight is 388 g/mol. The highest BCUT2D eigenvalue weighted by molar-refractivity contribution is 5.75. The molecule has 0 fully saturated rings. The molecule has 0 aliphatic heterocycles. The van der Waals surface area contributed by atoms with Crippen LogP contribution in [0.4, 0.5) is 4.39 Å². The average Bonchev–Trinajstić information content (AvgIpc) is 3.17. The van der Waals surface area contributed by atoms with Crippen molar-refractivity contribution in [2.45, 2.75) is 6.54 Å². The minimum atomic E-state index is -0.265. The van der Waals surface area contributed by atoms with Crippen LogP contribution in [0.25, 0.3) is 22.5 Å². The van der Waals surface area contributed by atoms with Gasteiger partial charge in [-0.3, -0.25) is 4.68 Å². The normalized spacial score (nSPS) is 10.7. The maximum Gasteiger partial charge on any atom is 0.128 e. The summed E-state index contributed by atoms with van der Waals surface area (Å²) in [4.78, 5) is 0. The first kappa shape index (κ1) is 18.7. The van der Waals surface area contributed by atoms with E-state index in [9.17, 15) is 4.39 Å². The second-order valence-corrected chi connectivity index (χ2v) is 6.60. The van der Waals surface area contributed by atoms with E-state index in [4.69, 9.17) is 14.6 Å². The largest absolute Gasteiger partial charge is 0.496 e. The molecule has 0 aliphatic rings. The molecular formula is C24H21FN2O2. The summed E-state index contributed by atoms with van der Waals surface area (Å²) in [6, 6.07) is 24.1. The lowest BCUT2D eigenvalue weighted by atomic mass is 10.1. The number of benzene rings is 3. The van der Waals surface area contributed by atoms with Crippen LogP contribution in [0.5, 0.6) is 11.5 Å². The van der Waals surface area contributed by atoms with Gasteiger partial charge in [0, 0.05) is 11.1 Å². The molecule has 0 spiro atoms. The molecule has 0 saturated heterocycles. The van der Waals surface area contributed by atoms with Crippen LogP contribution in [-0.2, 0) is 6.54 Å². The van der Waals surface area contributed by atoms with Gasteiger partial charge in [-0.25, -0.2) is 4.39 Å². The van der Waals surface area contributed by atoms with Gasteiger partial charge in [-0.1, -0.05) is 36.4 Å². The Morgan fingerprint density at radius 3 is 2.14 bits per heavy atom. The Bertz CT molecular complexity index is 1140. The van der Waals surface area contributed by atoms with E-state index in [0.717, 1.165) is 39.6 Å². The molecule has 0 atom stereocenters. The Morgan fingerprint density at radius 1 is 0.793 bits per heavy atom. The quantitative estimate of drug-likeness (QED) is 0.442. The summed E-state index contributed by atoms with van der Waals surface area (Å²) in [7, 11) is 3.29. The van der Waals surface area contributed by atoms with Crippen molar-refractivity contribution in [3.63, 3.8) is 0 Å². The van der Waals surface area contributed by atoms with Crippen molar-refractivity contribution in [1.29, 1.82) is 0 Å². The second-order valence-electron chi connectivity index (χ2n) is 6.60. The minimum absolute atomic E-state index is 0.265. The summed E-state index contributed by atoms with van der Waals surface area (Å²) >= 11 is 0. The molecule has 146 valence electrons. The van der Waals surface area contributed by atoms with Crippen molar-refractivity contribution in [3.8, 4) is 34.0 Å². The third-order valence-electron chi connectivity index (χ3n) is 4.77. The third-order valence-corrected chi connectivity index (χ3v) is 4.77. The number of hydrogen-bond donors (Lipinski definition) is 0. The summed E-state index contributed by atoms with van der Waals surface area (Å²) in [5, 5.41) is 4.82. The molecule has 0 bridgehead atoms. The highest BCUT2D eigenvalue weighted by Crippen LogP contribution is 2.35. The van der Waals surface area contributed by atoms with Gasteiger partial charge in [0.1, 0.15) is 17.3 Å². The molecule has 0 radical (unpaired) electrons. The van der Waals surface area contributed by atoms with Crippen LogP contribution in [0.3, 0.4) is 0 Å². The number of halogens is 1. The van der Waals surface area contributed by atoms with E-state index >= 15 is 0 Å². The Morgan fingerprint density at radius 2 is 1.45 bits per heavy atom. The lowest BCUT2D eigenvalue weighted by Gasteiger charge is -2.11. The fourth-order valence-corrected chi connectivity index (χ4v) is 3.41. The van der Waals surface area contributed by atoms with E-state index in [1.807, 2.05) is 65.3 Å². The van der Waals surface area contributed by atoms with Crippen molar-refractivity contribution in [1.82, 2.24) is 9.78 Å². The highest BCUT2D eigenvalue weighted by Gasteiger charge is 2.17. The molecule has 0 N–H and O–H groups in total. The number of methoxy groups -OCH3 is 2. The molecule has 0 aliphatic carbocycles. The molecule has 3 aromatic carbocycles. The van der Waals surface area contributed by atoms with Crippen LogP contribution in [0.15, 0.2) is 78.9 Å². The zero-order valence-corrected chi connectivity index (χ0v) is 16.3. The monoisotopic (exact) mass is 388 g/mol. The van der Waals surface area contributed by atoms with Crippen LogP contribution in [0.1, 0.15) is 5.56 Å². The summed E-state index contributed by atoms with van der Waals surface area (Å²) in [6.45, 7) is 0.431. The van der Waals surface area contributed by atoms with Crippen LogP contribution in [-0.4, -0.2) is 24.0 Å². The molecule has 0 unspecified atom stereocenters. The van der Waals surface area contributed by atoms with Crippen molar-refractivity contribution >= 4 is 0 Å². The van der Waals surface area contributed by atoms with Gasteiger partial charge >= 0.3 is 0 Å². The Hall–Kier alpha value is -3.60. The van der Waals surface area contributed by atoms with E-state index in [2.05, 4.69) is 0 Å². The molecule has 0 amide bonds. The van der Waals surface area contributed by atoms with Crippen molar-refractivity contribution in [2.75, 3.05) is 14.2 Å².